The second-order valence-electron chi connectivity index (χ2n) is 10.3. The molecule has 0 bridgehead atoms. The van der Waals surface area contributed by atoms with E-state index in [-0.39, 0.29) is 0 Å². The third kappa shape index (κ3) is 3.39. The monoisotopic (exact) mass is 480 g/mol. The molecule has 33 heavy (non-hydrogen) atoms. The lowest BCUT2D eigenvalue weighted by Gasteiger charge is -2.65. The molecule has 0 spiro atoms. The SMILES string of the molecule is CNC1(C)C(OC2(C)C(C)(C([O])=O)OC(O)C(C)(O)C2(C)O)OC(C)(CO)C(OC)C1(C)O. The number of hydrogen-bond acceptors (Lipinski definition) is 11. The molecule has 2 fully saturated rings. The van der Waals surface area contributed by atoms with E-state index in [9.17, 15) is 35.4 Å². The van der Waals surface area contributed by atoms with Crippen molar-refractivity contribution in [2.75, 3.05) is 20.8 Å². The molecule has 0 saturated carbocycles. The van der Waals surface area contributed by atoms with Gasteiger partial charge in [0.25, 0.3) is 0 Å². The van der Waals surface area contributed by atoms with Crippen molar-refractivity contribution in [3.8, 4) is 0 Å². The summed E-state index contributed by atoms with van der Waals surface area (Å²) in [5, 5.41) is 69.4. The topological polar surface area (TPSA) is 187 Å². The molecule has 2 heterocycles. The Hall–Kier alpha value is -0.930. The van der Waals surface area contributed by atoms with Crippen molar-refractivity contribution in [1.82, 2.24) is 5.32 Å². The van der Waals surface area contributed by atoms with Gasteiger partial charge in [0.1, 0.15) is 34.1 Å². The molecule has 1 radical (unpaired) electrons. The zero-order valence-electron chi connectivity index (χ0n) is 20.6. The van der Waals surface area contributed by atoms with Crippen LogP contribution in [0.15, 0.2) is 0 Å². The average molecular weight is 481 g/mol. The first-order valence-corrected chi connectivity index (χ1v) is 10.6. The van der Waals surface area contributed by atoms with Crippen molar-refractivity contribution >= 4 is 5.97 Å². The Labute approximate surface area is 193 Å². The number of methoxy groups -OCH3 is 1. The van der Waals surface area contributed by atoms with Crippen LogP contribution in [-0.2, 0) is 28.8 Å². The predicted octanol–water partition coefficient (Wildman–Crippen LogP) is -1.82. The van der Waals surface area contributed by atoms with Gasteiger partial charge >= 0.3 is 5.97 Å². The predicted molar refractivity (Wildman–Crippen MR) is 111 cm³/mol. The number of likely N-dealkylation sites (N-methyl/N-ethyl adjacent to an activating group) is 1. The van der Waals surface area contributed by atoms with E-state index in [4.69, 9.17) is 18.9 Å². The highest BCUT2D eigenvalue weighted by molar-refractivity contribution is 5.79. The Balaban J connectivity index is 2.75. The van der Waals surface area contributed by atoms with E-state index >= 15 is 0 Å². The summed E-state index contributed by atoms with van der Waals surface area (Å²) in [7, 11) is 2.83. The summed E-state index contributed by atoms with van der Waals surface area (Å²) in [6, 6.07) is 0. The van der Waals surface area contributed by atoms with Crippen LogP contribution in [0.5, 0.6) is 0 Å². The van der Waals surface area contributed by atoms with Gasteiger partial charge in [-0.25, -0.2) is 9.90 Å². The summed E-state index contributed by atoms with van der Waals surface area (Å²) in [4.78, 5) is 12.2. The molecule has 0 aromatic rings. The van der Waals surface area contributed by atoms with Crippen LogP contribution in [0.2, 0.25) is 0 Å². The molecule has 10 atom stereocenters. The fraction of sp³-hybridized carbons (Fsp3) is 0.952. The number of rotatable bonds is 6. The van der Waals surface area contributed by atoms with Crippen molar-refractivity contribution in [2.45, 2.75) is 106 Å². The van der Waals surface area contributed by atoms with Gasteiger partial charge in [-0.2, -0.15) is 0 Å². The van der Waals surface area contributed by atoms with Crippen molar-refractivity contribution in [1.29, 1.82) is 0 Å². The summed E-state index contributed by atoms with van der Waals surface area (Å²) in [5.74, 6) is -1.84. The molecule has 0 aromatic heterocycles. The molecule has 12 heteroatoms. The van der Waals surface area contributed by atoms with Gasteiger partial charge in [0.2, 0.25) is 5.60 Å². The van der Waals surface area contributed by atoms with Gasteiger partial charge in [0.05, 0.1) is 12.1 Å². The van der Waals surface area contributed by atoms with Crippen LogP contribution in [0.4, 0.5) is 0 Å². The molecule has 2 rings (SSSR count). The number of ether oxygens (including phenoxy) is 4. The standard InChI is InChI=1S/C21H38NO11/c1-15(10-23)11(30-9)17(3,27)16(2,22-8)14(32-15)33-21(7)19(5,12(24)25)31-13(26)18(4,28)20(21,6)29/h11,13-14,22-23,26-29H,10H2,1-9H3. The Kier molecular flexibility index (Phi) is 6.91. The molecule has 193 valence electrons. The molecule has 0 amide bonds. The zero-order valence-corrected chi connectivity index (χ0v) is 20.6. The Morgan fingerprint density at radius 2 is 1.52 bits per heavy atom. The van der Waals surface area contributed by atoms with Gasteiger partial charge in [-0.3, -0.25) is 0 Å². The van der Waals surface area contributed by atoms with Crippen LogP contribution < -0.4 is 5.32 Å². The minimum Gasteiger partial charge on any atom is -0.393 e. The lowest BCUT2D eigenvalue weighted by atomic mass is 9.62. The molecule has 10 unspecified atom stereocenters. The Morgan fingerprint density at radius 1 is 1.00 bits per heavy atom. The van der Waals surface area contributed by atoms with E-state index in [1.165, 1.54) is 34.9 Å². The maximum atomic E-state index is 12.2. The maximum absolute atomic E-state index is 12.2. The highest BCUT2D eigenvalue weighted by Gasteiger charge is 2.77. The molecule has 2 aliphatic heterocycles. The number of hydrogen-bond donors (Lipinski definition) is 6. The lowest BCUT2D eigenvalue weighted by Crippen LogP contribution is -2.86. The second-order valence-corrected chi connectivity index (χ2v) is 10.3. The van der Waals surface area contributed by atoms with E-state index in [0.717, 1.165) is 27.7 Å². The highest BCUT2D eigenvalue weighted by atomic mass is 16.7. The lowest BCUT2D eigenvalue weighted by molar-refractivity contribution is -0.447. The van der Waals surface area contributed by atoms with Gasteiger partial charge < -0.3 is 49.8 Å². The van der Waals surface area contributed by atoms with Gasteiger partial charge in [0, 0.05) is 7.11 Å². The molecule has 6 N–H and O–H groups in total. The van der Waals surface area contributed by atoms with Crippen LogP contribution >= 0.6 is 0 Å². The maximum Gasteiger partial charge on any atom is 0.389 e. The summed E-state index contributed by atoms with van der Waals surface area (Å²) in [6.07, 6.45) is -4.73. The minimum absolute atomic E-state index is 0.612. The first kappa shape index (κ1) is 28.3. The second kappa shape index (κ2) is 8.05. The van der Waals surface area contributed by atoms with E-state index in [0.29, 0.717) is 0 Å². The van der Waals surface area contributed by atoms with Crippen molar-refractivity contribution in [3.05, 3.63) is 0 Å². The average Bonchev–Trinajstić information content (AvgIpc) is 2.70. The van der Waals surface area contributed by atoms with E-state index in [1.807, 2.05) is 0 Å². The minimum atomic E-state index is -2.50. The zero-order chi connectivity index (χ0) is 26.1. The van der Waals surface area contributed by atoms with E-state index in [2.05, 4.69) is 5.32 Å². The van der Waals surface area contributed by atoms with Gasteiger partial charge in [0.15, 0.2) is 12.6 Å². The summed E-state index contributed by atoms with van der Waals surface area (Å²) < 4.78 is 22.9. The number of carbonyl (C=O) groups excluding carboxylic acids is 1. The van der Waals surface area contributed by atoms with Gasteiger partial charge in [-0.05, 0) is 55.5 Å². The van der Waals surface area contributed by atoms with Crippen LogP contribution in [0.3, 0.4) is 0 Å². The number of aliphatic hydroxyl groups excluding tert-OH is 2. The molecule has 2 aliphatic rings. The fourth-order valence-corrected chi connectivity index (χ4v) is 4.96. The number of nitrogens with one attached hydrogen (secondary N) is 1. The fourth-order valence-electron chi connectivity index (χ4n) is 4.96. The molecule has 2 saturated heterocycles. The van der Waals surface area contributed by atoms with Crippen LogP contribution in [0, 0.1) is 0 Å². The third-order valence-corrected chi connectivity index (χ3v) is 8.42. The van der Waals surface area contributed by atoms with Crippen LogP contribution in [0.25, 0.3) is 0 Å². The molecule has 0 aromatic carbocycles. The van der Waals surface area contributed by atoms with E-state index < -0.39 is 70.4 Å². The summed E-state index contributed by atoms with van der Waals surface area (Å²) in [6.45, 7) is 8.14. The van der Waals surface area contributed by atoms with Gasteiger partial charge in [-0.1, -0.05) is 0 Å². The van der Waals surface area contributed by atoms with E-state index in [1.54, 1.807) is 0 Å². The summed E-state index contributed by atoms with van der Waals surface area (Å²) in [5.41, 5.74) is -14.5. The number of aliphatic hydroxyl groups is 5. The highest BCUT2D eigenvalue weighted by Crippen LogP contribution is 2.54. The van der Waals surface area contributed by atoms with Crippen molar-refractivity contribution in [3.63, 3.8) is 0 Å². The van der Waals surface area contributed by atoms with Gasteiger partial charge in [-0.15, -0.1) is 0 Å². The quantitative estimate of drug-likeness (QED) is 0.251. The Bertz CT molecular complexity index is 773. The molecular formula is C21H38NO11. The van der Waals surface area contributed by atoms with Crippen LogP contribution in [0.1, 0.15) is 48.5 Å². The first-order chi connectivity index (χ1) is 14.7. The normalized spacial score (nSPS) is 55.4. The number of carbonyl (C=O) groups is 1. The van der Waals surface area contributed by atoms with Crippen molar-refractivity contribution in [2.24, 2.45) is 0 Å². The third-order valence-electron chi connectivity index (χ3n) is 8.42. The van der Waals surface area contributed by atoms with Crippen molar-refractivity contribution < 1.29 is 54.4 Å². The first-order valence-electron chi connectivity index (χ1n) is 10.6. The molecule has 0 aliphatic carbocycles. The smallest absolute Gasteiger partial charge is 0.389 e. The molecule has 12 nitrogen and oxygen atoms in total. The molecular weight excluding hydrogens is 442 g/mol. The van der Waals surface area contributed by atoms with Crippen LogP contribution in [-0.4, -0.2) is 110 Å². The largest absolute Gasteiger partial charge is 0.393 e. The summed E-state index contributed by atoms with van der Waals surface area (Å²) >= 11 is 0. The Morgan fingerprint density at radius 3 is 1.91 bits per heavy atom.